The quantitative estimate of drug-likeness (QED) is 0.157. The first-order valence-corrected chi connectivity index (χ1v) is 14.2. The molecule has 1 aliphatic rings. The van der Waals surface area contributed by atoms with E-state index in [-0.39, 0.29) is 29.0 Å². The molecule has 224 valence electrons. The van der Waals surface area contributed by atoms with E-state index in [9.17, 15) is 19.2 Å². The van der Waals surface area contributed by atoms with Crippen molar-refractivity contribution in [3.63, 3.8) is 0 Å². The molecule has 0 amide bonds. The van der Waals surface area contributed by atoms with E-state index in [2.05, 4.69) is 18.7 Å². The van der Waals surface area contributed by atoms with Crippen molar-refractivity contribution in [2.45, 2.75) is 32.1 Å². The number of rotatable bonds is 9. The average molecular weight is 589 g/mol. The number of carboxylic acids is 1. The zero-order valence-electron chi connectivity index (χ0n) is 24.8. The Balaban J connectivity index is 0.000000205. The van der Waals surface area contributed by atoms with E-state index >= 15 is 0 Å². The number of Topliss-reactive ketones (excluding diaryl/α,β-unsaturated/α-hetero) is 1. The van der Waals surface area contributed by atoms with Gasteiger partial charge in [-0.1, -0.05) is 104 Å². The van der Waals surface area contributed by atoms with E-state index in [1.54, 1.807) is 37.3 Å². The number of hydrogen-bond acceptors (Lipinski definition) is 5. The zero-order chi connectivity index (χ0) is 31.9. The highest BCUT2D eigenvalue weighted by molar-refractivity contribution is 5.92. The molecule has 1 saturated carbocycles. The molecule has 3 unspecified atom stereocenters. The SMILES string of the molecule is C=Cc1ccccc1.CC(=O)/C=C/c1ccc(C(=O)O)cc1.CC(=O)C1CC(c2ccccc2)C1c1ccc(OC=O)cc1. The molecule has 5 rings (SSSR count). The Morgan fingerprint density at radius 1 is 0.773 bits per heavy atom. The lowest BCUT2D eigenvalue weighted by atomic mass is 9.58. The number of carbonyl (C=O) groups excluding carboxylic acids is 3. The number of carbonyl (C=O) groups is 4. The summed E-state index contributed by atoms with van der Waals surface area (Å²) >= 11 is 0. The van der Waals surface area contributed by atoms with Crippen molar-refractivity contribution < 1.29 is 29.0 Å². The molecule has 0 radical (unpaired) electrons. The van der Waals surface area contributed by atoms with Gasteiger partial charge in [0.25, 0.3) is 6.47 Å². The Morgan fingerprint density at radius 2 is 1.36 bits per heavy atom. The van der Waals surface area contributed by atoms with Crippen molar-refractivity contribution >= 4 is 36.2 Å². The van der Waals surface area contributed by atoms with E-state index in [0.29, 0.717) is 18.1 Å². The third-order valence-electron chi connectivity index (χ3n) is 7.28. The molecule has 0 bridgehead atoms. The highest BCUT2D eigenvalue weighted by atomic mass is 16.5. The Kier molecular flexibility index (Phi) is 12.8. The van der Waals surface area contributed by atoms with Gasteiger partial charge in [0, 0.05) is 11.8 Å². The second-order valence-corrected chi connectivity index (χ2v) is 10.3. The molecule has 0 heterocycles. The molecule has 1 fully saturated rings. The number of benzene rings is 4. The van der Waals surface area contributed by atoms with Crippen LogP contribution in [0.4, 0.5) is 0 Å². The van der Waals surface area contributed by atoms with Crippen LogP contribution in [0.2, 0.25) is 0 Å². The summed E-state index contributed by atoms with van der Waals surface area (Å²) in [6.45, 7) is 7.18. The average Bonchev–Trinajstić information content (AvgIpc) is 3.02. The predicted octanol–water partition coefficient (Wildman–Crippen LogP) is 8.01. The fourth-order valence-electron chi connectivity index (χ4n) is 4.94. The van der Waals surface area contributed by atoms with Gasteiger partial charge in [0.15, 0.2) is 5.78 Å². The number of hydrogen-bond donors (Lipinski definition) is 1. The Hall–Kier alpha value is -5.36. The molecule has 0 aromatic heterocycles. The first-order valence-electron chi connectivity index (χ1n) is 14.2. The van der Waals surface area contributed by atoms with Crippen LogP contribution in [0.25, 0.3) is 12.2 Å². The smallest absolute Gasteiger partial charge is 0.335 e. The second-order valence-electron chi connectivity index (χ2n) is 10.3. The van der Waals surface area contributed by atoms with Crippen LogP contribution in [0.5, 0.6) is 5.75 Å². The van der Waals surface area contributed by atoms with Gasteiger partial charge >= 0.3 is 5.97 Å². The molecule has 1 aliphatic carbocycles. The third-order valence-corrected chi connectivity index (χ3v) is 7.28. The van der Waals surface area contributed by atoms with Gasteiger partial charge < -0.3 is 9.84 Å². The van der Waals surface area contributed by atoms with E-state index in [1.165, 1.54) is 36.3 Å². The molecule has 0 aliphatic heterocycles. The number of ketones is 2. The number of ether oxygens (including phenoxy) is 1. The van der Waals surface area contributed by atoms with Crippen LogP contribution in [-0.4, -0.2) is 29.1 Å². The zero-order valence-corrected chi connectivity index (χ0v) is 24.8. The minimum absolute atomic E-state index is 0.0349. The lowest BCUT2D eigenvalue weighted by Gasteiger charge is -2.44. The van der Waals surface area contributed by atoms with Crippen LogP contribution < -0.4 is 4.74 Å². The van der Waals surface area contributed by atoms with Crippen molar-refractivity contribution in [2.75, 3.05) is 0 Å². The minimum Gasteiger partial charge on any atom is -0.478 e. The number of allylic oxidation sites excluding steroid dienone is 1. The minimum atomic E-state index is -0.952. The van der Waals surface area contributed by atoms with Gasteiger partial charge in [0.2, 0.25) is 0 Å². The molecule has 0 spiro atoms. The third kappa shape index (κ3) is 9.88. The van der Waals surface area contributed by atoms with Crippen LogP contribution in [0.1, 0.15) is 64.7 Å². The van der Waals surface area contributed by atoms with Crippen LogP contribution >= 0.6 is 0 Å². The first-order chi connectivity index (χ1) is 21.2. The second kappa shape index (κ2) is 16.9. The molecule has 6 heteroatoms. The summed E-state index contributed by atoms with van der Waals surface area (Å²) in [7, 11) is 0. The van der Waals surface area contributed by atoms with Crippen LogP contribution in [0, 0.1) is 5.92 Å². The Labute approximate surface area is 258 Å². The van der Waals surface area contributed by atoms with Gasteiger partial charge in [-0.2, -0.15) is 0 Å². The van der Waals surface area contributed by atoms with Gasteiger partial charge in [-0.25, -0.2) is 4.79 Å². The van der Waals surface area contributed by atoms with Crippen LogP contribution in [-0.2, 0) is 14.4 Å². The maximum atomic E-state index is 11.9. The lowest BCUT2D eigenvalue weighted by molar-refractivity contribution is -0.124. The van der Waals surface area contributed by atoms with Crippen LogP contribution in [0.15, 0.2) is 122 Å². The van der Waals surface area contributed by atoms with E-state index < -0.39 is 5.97 Å². The molecule has 4 aromatic rings. The molecule has 6 nitrogen and oxygen atoms in total. The molecule has 1 N–H and O–H groups in total. The summed E-state index contributed by atoms with van der Waals surface area (Å²) in [6, 6.07) is 34.1. The van der Waals surface area contributed by atoms with E-state index in [1.807, 2.05) is 66.7 Å². The van der Waals surface area contributed by atoms with Gasteiger partial charge in [0.05, 0.1) is 5.56 Å². The van der Waals surface area contributed by atoms with Crippen molar-refractivity contribution in [1.29, 1.82) is 0 Å². The molecule has 0 saturated heterocycles. The first kappa shape index (κ1) is 33.1. The molecule has 44 heavy (non-hydrogen) atoms. The summed E-state index contributed by atoms with van der Waals surface area (Å²) in [5, 5.41) is 8.62. The number of aromatic carboxylic acids is 1. The fraction of sp³-hybridized carbons (Fsp3) is 0.158. The number of carboxylic acid groups (broad SMARTS) is 1. The molecule has 3 atom stereocenters. The molecular weight excluding hydrogens is 552 g/mol. The van der Waals surface area contributed by atoms with Crippen molar-refractivity contribution in [3.05, 3.63) is 150 Å². The summed E-state index contributed by atoms with van der Waals surface area (Å²) in [5.74, 6) is 0.416. The maximum Gasteiger partial charge on any atom is 0.335 e. The van der Waals surface area contributed by atoms with Gasteiger partial charge in [-0.05, 0) is 78.8 Å². The summed E-state index contributed by atoms with van der Waals surface area (Å²) < 4.78 is 4.83. The largest absolute Gasteiger partial charge is 0.478 e. The maximum absolute atomic E-state index is 11.9. The summed E-state index contributed by atoms with van der Waals surface area (Å²) in [4.78, 5) is 43.4. The lowest BCUT2D eigenvalue weighted by Crippen LogP contribution is -2.37. The Morgan fingerprint density at radius 3 is 1.84 bits per heavy atom. The monoisotopic (exact) mass is 588 g/mol. The topological polar surface area (TPSA) is 97.7 Å². The van der Waals surface area contributed by atoms with E-state index in [0.717, 1.165) is 17.5 Å². The van der Waals surface area contributed by atoms with Crippen molar-refractivity contribution in [3.8, 4) is 5.75 Å². The van der Waals surface area contributed by atoms with Crippen LogP contribution in [0.3, 0.4) is 0 Å². The summed E-state index contributed by atoms with van der Waals surface area (Å²) in [6.07, 6.45) is 5.82. The summed E-state index contributed by atoms with van der Waals surface area (Å²) in [5.41, 5.74) is 4.62. The highest BCUT2D eigenvalue weighted by Gasteiger charge is 2.44. The highest BCUT2D eigenvalue weighted by Crippen LogP contribution is 2.53. The predicted molar refractivity (Wildman–Crippen MR) is 173 cm³/mol. The van der Waals surface area contributed by atoms with Crippen molar-refractivity contribution in [2.24, 2.45) is 5.92 Å². The molecular formula is C38H36O6. The van der Waals surface area contributed by atoms with Gasteiger partial charge in [-0.15, -0.1) is 0 Å². The Bertz CT molecular complexity index is 1560. The standard InChI is InChI=1S/C19H18O3.C11H10O3.C8H8/c1-13(21)17-11-18(14-5-3-2-4-6-14)19(17)15-7-9-16(10-8-15)22-12-20;1-8(12)2-3-9-4-6-10(7-5-9)11(13)14;1-2-8-6-4-3-5-7-8/h2-10,12,17-19H,11H2,1H3;2-7H,1H3,(H,13,14);2-7H,1H2/b;3-2+;. The normalized spacial score (nSPS) is 16.5. The fourth-order valence-corrected chi connectivity index (χ4v) is 4.94. The molecule has 4 aromatic carbocycles. The van der Waals surface area contributed by atoms with E-state index in [4.69, 9.17) is 9.84 Å². The van der Waals surface area contributed by atoms with Gasteiger partial charge in [0.1, 0.15) is 11.5 Å². The van der Waals surface area contributed by atoms with Crippen molar-refractivity contribution in [1.82, 2.24) is 0 Å². The van der Waals surface area contributed by atoms with Gasteiger partial charge in [-0.3, -0.25) is 14.4 Å².